The van der Waals surface area contributed by atoms with E-state index in [0.29, 0.717) is 12.3 Å². The van der Waals surface area contributed by atoms with Crippen molar-refractivity contribution in [1.29, 1.82) is 0 Å². The first kappa shape index (κ1) is 20.9. The molecule has 160 valence electrons. The van der Waals surface area contributed by atoms with Crippen LogP contribution >= 0.6 is 0 Å². The summed E-state index contributed by atoms with van der Waals surface area (Å²) in [6, 6.07) is 20.7. The van der Waals surface area contributed by atoms with Crippen LogP contribution in [-0.2, 0) is 6.42 Å². The van der Waals surface area contributed by atoms with Crippen LogP contribution in [0.4, 0.5) is 5.69 Å². The SMILES string of the molecule is Cc1ccc(CCNc2ccnc3oc(-c4ccc(OCCN(C)C)cc4)cc23)cc1. The van der Waals surface area contributed by atoms with E-state index in [0.717, 1.165) is 47.7 Å². The van der Waals surface area contributed by atoms with Gasteiger partial charge in [-0.2, -0.15) is 0 Å². The van der Waals surface area contributed by atoms with E-state index >= 15 is 0 Å². The quantitative estimate of drug-likeness (QED) is 0.397. The van der Waals surface area contributed by atoms with E-state index in [2.05, 4.69) is 52.5 Å². The highest BCUT2D eigenvalue weighted by atomic mass is 16.5. The van der Waals surface area contributed by atoms with Crippen molar-refractivity contribution in [3.63, 3.8) is 0 Å². The summed E-state index contributed by atoms with van der Waals surface area (Å²) in [6.07, 6.45) is 2.75. The Labute approximate surface area is 183 Å². The van der Waals surface area contributed by atoms with Crippen molar-refractivity contribution in [1.82, 2.24) is 9.88 Å². The average molecular weight is 416 g/mol. The summed E-state index contributed by atoms with van der Waals surface area (Å²) in [5.74, 6) is 1.66. The number of furan rings is 1. The highest BCUT2D eigenvalue weighted by Gasteiger charge is 2.11. The molecular formula is C26H29N3O2. The lowest BCUT2D eigenvalue weighted by atomic mass is 10.1. The van der Waals surface area contributed by atoms with Gasteiger partial charge in [-0.25, -0.2) is 4.98 Å². The second-order valence-corrected chi connectivity index (χ2v) is 8.03. The van der Waals surface area contributed by atoms with Crippen LogP contribution < -0.4 is 10.1 Å². The van der Waals surface area contributed by atoms with E-state index in [4.69, 9.17) is 9.15 Å². The van der Waals surface area contributed by atoms with Gasteiger partial charge >= 0.3 is 0 Å². The lowest BCUT2D eigenvalue weighted by molar-refractivity contribution is 0.261. The molecule has 0 atom stereocenters. The van der Waals surface area contributed by atoms with Gasteiger partial charge in [-0.15, -0.1) is 0 Å². The minimum atomic E-state index is 0.640. The zero-order valence-electron chi connectivity index (χ0n) is 18.4. The largest absolute Gasteiger partial charge is 0.492 e. The molecule has 1 N–H and O–H groups in total. The van der Waals surface area contributed by atoms with Crippen LogP contribution in [0.1, 0.15) is 11.1 Å². The second kappa shape index (κ2) is 9.67. The Morgan fingerprint density at radius 1 is 1.00 bits per heavy atom. The molecule has 4 aromatic rings. The first-order valence-electron chi connectivity index (χ1n) is 10.6. The zero-order chi connectivity index (χ0) is 21.6. The first-order chi connectivity index (χ1) is 15.1. The van der Waals surface area contributed by atoms with Crippen LogP contribution in [0.5, 0.6) is 5.75 Å². The maximum Gasteiger partial charge on any atom is 0.228 e. The number of nitrogens with zero attached hydrogens (tertiary/aromatic N) is 2. The number of ether oxygens (including phenoxy) is 1. The van der Waals surface area contributed by atoms with Gasteiger partial charge in [-0.05, 0) is 69.4 Å². The lowest BCUT2D eigenvalue weighted by Crippen LogP contribution is -2.19. The van der Waals surface area contributed by atoms with E-state index in [1.54, 1.807) is 6.20 Å². The Hall–Kier alpha value is -3.31. The van der Waals surface area contributed by atoms with E-state index in [1.807, 2.05) is 44.4 Å². The number of anilines is 1. The number of fused-ring (bicyclic) bond motifs is 1. The van der Waals surface area contributed by atoms with Crippen LogP contribution in [0, 0.1) is 6.92 Å². The fraction of sp³-hybridized carbons (Fsp3) is 0.269. The maximum absolute atomic E-state index is 6.03. The number of pyridine rings is 1. The summed E-state index contributed by atoms with van der Waals surface area (Å²) < 4.78 is 11.8. The van der Waals surface area contributed by atoms with Crippen molar-refractivity contribution in [2.45, 2.75) is 13.3 Å². The summed E-state index contributed by atoms with van der Waals surface area (Å²) in [7, 11) is 4.07. The van der Waals surface area contributed by atoms with Gasteiger partial charge in [0.25, 0.3) is 0 Å². The third-order valence-electron chi connectivity index (χ3n) is 5.23. The van der Waals surface area contributed by atoms with Crippen molar-refractivity contribution in [3.05, 3.63) is 78.0 Å². The van der Waals surface area contributed by atoms with Gasteiger partial charge in [0.2, 0.25) is 5.71 Å². The first-order valence-corrected chi connectivity index (χ1v) is 10.6. The minimum absolute atomic E-state index is 0.640. The van der Waals surface area contributed by atoms with E-state index in [-0.39, 0.29) is 0 Å². The lowest BCUT2D eigenvalue weighted by Gasteiger charge is -2.11. The third-order valence-corrected chi connectivity index (χ3v) is 5.23. The molecule has 0 aliphatic carbocycles. The number of likely N-dealkylation sites (N-methyl/N-ethyl adjacent to an activating group) is 1. The topological polar surface area (TPSA) is 50.5 Å². The molecule has 0 radical (unpaired) electrons. The van der Waals surface area contributed by atoms with Crippen LogP contribution in [0.2, 0.25) is 0 Å². The Balaban J connectivity index is 1.43. The fourth-order valence-corrected chi connectivity index (χ4v) is 3.39. The van der Waals surface area contributed by atoms with Gasteiger partial charge in [-0.3, -0.25) is 0 Å². The van der Waals surface area contributed by atoms with E-state index in [1.165, 1.54) is 11.1 Å². The standard InChI is InChI=1S/C26H29N3O2/c1-19-4-6-20(7-5-19)12-14-27-24-13-15-28-26-23(24)18-25(31-26)21-8-10-22(11-9-21)30-17-16-29(2)3/h4-11,13,15,18H,12,14,16-17H2,1-3H3,(H,27,28). The molecule has 2 aromatic carbocycles. The zero-order valence-corrected chi connectivity index (χ0v) is 18.4. The highest BCUT2D eigenvalue weighted by molar-refractivity contribution is 5.91. The predicted molar refractivity (Wildman–Crippen MR) is 127 cm³/mol. The summed E-state index contributed by atoms with van der Waals surface area (Å²) >= 11 is 0. The number of nitrogens with one attached hydrogen (secondary N) is 1. The molecular weight excluding hydrogens is 386 g/mol. The number of hydrogen-bond donors (Lipinski definition) is 1. The summed E-state index contributed by atoms with van der Waals surface area (Å²) in [5, 5.41) is 4.53. The Kier molecular flexibility index (Phi) is 6.53. The second-order valence-electron chi connectivity index (χ2n) is 8.03. The van der Waals surface area contributed by atoms with Gasteiger partial charge in [0, 0.05) is 30.5 Å². The van der Waals surface area contributed by atoms with E-state index < -0.39 is 0 Å². The molecule has 5 heteroatoms. The Morgan fingerprint density at radius 2 is 1.77 bits per heavy atom. The predicted octanol–water partition coefficient (Wildman–Crippen LogP) is 5.40. The van der Waals surface area contributed by atoms with Gasteiger partial charge in [0.1, 0.15) is 18.1 Å². The molecule has 2 aromatic heterocycles. The normalized spacial score (nSPS) is 11.2. The Bertz CT molecular complexity index is 1120. The summed E-state index contributed by atoms with van der Waals surface area (Å²) in [6.45, 7) is 4.51. The number of aromatic nitrogens is 1. The van der Waals surface area contributed by atoms with Crippen LogP contribution in [0.3, 0.4) is 0 Å². The number of aryl methyl sites for hydroxylation is 1. The molecule has 31 heavy (non-hydrogen) atoms. The number of rotatable bonds is 9. The molecule has 0 aliphatic heterocycles. The minimum Gasteiger partial charge on any atom is -0.492 e. The molecule has 5 nitrogen and oxygen atoms in total. The smallest absolute Gasteiger partial charge is 0.228 e. The molecule has 0 saturated carbocycles. The average Bonchev–Trinajstić information content (AvgIpc) is 3.21. The molecule has 0 aliphatic rings. The molecule has 0 spiro atoms. The molecule has 0 bridgehead atoms. The fourth-order valence-electron chi connectivity index (χ4n) is 3.39. The molecule has 0 saturated heterocycles. The molecule has 4 rings (SSSR count). The van der Waals surface area contributed by atoms with Crippen molar-refractivity contribution in [3.8, 4) is 17.1 Å². The third kappa shape index (κ3) is 5.44. The molecule has 0 unspecified atom stereocenters. The van der Waals surface area contributed by atoms with Gasteiger partial charge in [0.05, 0.1) is 5.39 Å². The van der Waals surface area contributed by atoms with Crippen LogP contribution in [-0.4, -0.2) is 43.7 Å². The molecule has 0 amide bonds. The Morgan fingerprint density at radius 3 is 2.52 bits per heavy atom. The van der Waals surface area contributed by atoms with Crippen LogP contribution in [0.15, 0.2) is 71.3 Å². The van der Waals surface area contributed by atoms with Crippen LogP contribution in [0.25, 0.3) is 22.4 Å². The number of hydrogen-bond acceptors (Lipinski definition) is 5. The molecule has 2 heterocycles. The van der Waals surface area contributed by atoms with Gasteiger partial charge in [-0.1, -0.05) is 29.8 Å². The summed E-state index contributed by atoms with van der Waals surface area (Å²) in [4.78, 5) is 6.50. The maximum atomic E-state index is 6.03. The van der Waals surface area contributed by atoms with Crippen molar-refractivity contribution in [2.24, 2.45) is 0 Å². The van der Waals surface area contributed by atoms with Crippen molar-refractivity contribution >= 4 is 16.8 Å². The summed E-state index contributed by atoms with van der Waals surface area (Å²) in [5.41, 5.74) is 5.29. The van der Waals surface area contributed by atoms with Crippen molar-refractivity contribution < 1.29 is 9.15 Å². The number of benzene rings is 2. The monoisotopic (exact) mass is 415 g/mol. The molecule has 0 fully saturated rings. The van der Waals surface area contributed by atoms with Gasteiger partial charge in [0.15, 0.2) is 0 Å². The van der Waals surface area contributed by atoms with E-state index in [9.17, 15) is 0 Å². The van der Waals surface area contributed by atoms with Crippen molar-refractivity contribution in [2.75, 3.05) is 39.1 Å². The van der Waals surface area contributed by atoms with Gasteiger partial charge < -0.3 is 19.4 Å². The highest BCUT2D eigenvalue weighted by Crippen LogP contribution is 2.31.